The van der Waals surface area contributed by atoms with E-state index in [4.69, 9.17) is 41.3 Å². The molecular weight excluding hydrogens is 730 g/mol. The van der Waals surface area contributed by atoms with Gasteiger partial charge in [-0.05, 0) is 89.3 Å². The predicted molar refractivity (Wildman–Crippen MR) is 201 cm³/mol. The number of unbranched alkanes of at least 4 members (excludes halogenated alkanes) is 2. The molecule has 2 fully saturated rings. The minimum absolute atomic E-state index is 0.00285. The number of fused-ring (bicyclic) bond motifs is 1. The lowest BCUT2D eigenvalue weighted by molar-refractivity contribution is -0.173. The van der Waals surface area contributed by atoms with Crippen molar-refractivity contribution >= 4 is 23.9 Å². The smallest absolute Gasteiger partial charge is 0.319 e. The Morgan fingerprint density at radius 1 is 0.964 bits per heavy atom. The van der Waals surface area contributed by atoms with E-state index in [9.17, 15) is 33.1 Å². The third kappa shape index (κ3) is 15.6. The lowest BCUT2D eigenvalue weighted by Crippen LogP contribution is -2.42. The molecule has 0 unspecified atom stereocenters. The summed E-state index contributed by atoms with van der Waals surface area (Å²) in [6.07, 6.45) is 16.6. The third-order valence-electron chi connectivity index (χ3n) is 9.81. The molecular formula is C43H56F2O11. The van der Waals surface area contributed by atoms with Crippen LogP contribution < -0.4 is 4.74 Å². The fourth-order valence-electron chi connectivity index (χ4n) is 6.67. The van der Waals surface area contributed by atoms with Crippen LogP contribution in [0.3, 0.4) is 0 Å². The Kier molecular flexibility index (Phi) is 19.3. The molecule has 0 amide bonds. The molecule has 1 heterocycles. The van der Waals surface area contributed by atoms with E-state index in [-0.39, 0.29) is 42.9 Å². The van der Waals surface area contributed by atoms with Gasteiger partial charge in [-0.2, -0.15) is 0 Å². The molecule has 3 rings (SSSR count). The third-order valence-corrected chi connectivity index (χ3v) is 9.81. The zero-order valence-corrected chi connectivity index (χ0v) is 32.7. The summed E-state index contributed by atoms with van der Waals surface area (Å²) in [5, 5.41) is 11.1. The Bertz CT molecular complexity index is 1530. The maximum atomic E-state index is 14.5. The molecule has 1 saturated carbocycles. The predicted octanol–water partition coefficient (Wildman–Crippen LogP) is 6.43. The van der Waals surface area contributed by atoms with Gasteiger partial charge < -0.3 is 33.5 Å². The Labute approximate surface area is 329 Å². The average molecular weight is 787 g/mol. The number of aliphatic hydroxyl groups is 1. The number of carbonyl (C=O) groups excluding carboxylic acids is 4. The number of carbonyl (C=O) groups is 4. The Morgan fingerprint density at radius 3 is 2.23 bits per heavy atom. The summed E-state index contributed by atoms with van der Waals surface area (Å²) in [6, 6.07) is 2.70. The first-order valence-electron chi connectivity index (χ1n) is 19.4. The normalized spacial score (nSPS) is 21.3. The summed E-state index contributed by atoms with van der Waals surface area (Å²) in [5.74, 6) is 0.262. The highest BCUT2D eigenvalue weighted by molar-refractivity contribution is 5.79. The molecule has 1 aliphatic carbocycles. The van der Waals surface area contributed by atoms with Gasteiger partial charge in [-0.3, -0.25) is 19.2 Å². The van der Waals surface area contributed by atoms with Crippen molar-refractivity contribution in [2.24, 2.45) is 23.2 Å². The average Bonchev–Trinajstić information content (AvgIpc) is 3.32. The summed E-state index contributed by atoms with van der Waals surface area (Å²) in [5.41, 5.74) is -1.69. The molecule has 1 N–H and O–H groups in total. The van der Waals surface area contributed by atoms with Crippen LogP contribution in [0, 0.1) is 59.5 Å². The van der Waals surface area contributed by atoms with Crippen molar-refractivity contribution in [1.82, 2.24) is 0 Å². The maximum Gasteiger partial charge on any atom is 0.319 e. The number of terminal acetylenes is 2. The summed E-state index contributed by atoms with van der Waals surface area (Å²) < 4.78 is 62.3. The number of esters is 4. The Balaban J connectivity index is 1.78. The van der Waals surface area contributed by atoms with E-state index in [1.54, 1.807) is 6.08 Å². The van der Waals surface area contributed by atoms with Gasteiger partial charge in [0.25, 0.3) is 0 Å². The molecule has 0 radical (unpaired) electrons. The second kappa shape index (κ2) is 23.6. The van der Waals surface area contributed by atoms with Crippen LogP contribution in [0.1, 0.15) is 97.8 Å². The lowest BCUT2D eigenvalue weighted by atomic mass is 9.86. The monoisotopic (exact) mass is 786 g/mol. The van der Waals surface area contributed by atoms with Gasteiger partial charge >= 0.3 is 23.9 Å². The van der Waals surface area contributed by atoms with E-state index >= 15 is 0 Å². The first-order valence-corrected chi connectivity index (χ1v) is 19.4. The molecule has 0 bridgehead atoms. The highest BCUT2D eigenvalue weighted by Crippen LogP contribution is 2.42. The van der Waals surface area contributed by atoms with Crippen molar-refractivity contribution in [3.8, 4) is 30.4 Å². The fraction of sp³-hybridized carbons (Fsp3) is 0.628. The molecule has 11 nitrogen and oxygen atoms in total. The van der Waals surface area contributed by atoms with Crippen LogP contribution >= 0.6 is 0 Å². The number of hydrogen-bond donors (Lipinski definition) is 1. The van der Waals surface area contributed by atoms with Crippen LogP contribution in [0.15, 0.2) is 30.4 Å². The van der Waals surface area contributed by atoms with E-state index in [0.29, 0.717) is 51.6 Å². The van der Waals surface area contributed by atoms with Crippen molar-refractivity contribution in [3.05, 3.63) is 42.0 Å². The molecule has 1 aromatic carbocycles. The molecule has 308 valence electrons. The molecule has 1 aromatic rings. The number of aliphatic hydroxyl groups excluding tert-OH is 1. The van der Waals surface area contributed by atoms with Crippen LogP contribution in [0.2, 0.25) is 0 Å². The van der Waals surface area contributed by atoms with Crippen molar-refractivity contribution in [2.45, 2.75) is 122 Å². The van der Waals surface area contributed by atoms with E-state index in [0.717, 1.165) is 37.5 Å². The first kappa shape index (κ1) is 45.9. The van der Waals surface area contributed by atoms with Gasteiger partial charge in [0.05, 0.1) is 18.3 Å². The molecule has 56 heavy (non-hydrogen) atoms. The summed E-state index contributed by atoms with van der Waals surface area (Å²) in [7, 11) is 0. The largest absolute Gasteiger partial charge is 0.486 e. The van der Waals surface area contributed by atoms with Crippen LogP contribution in [0.5, 0.6) is 5.75 Å². The fourth-order valence-corrected chi connectivity index (χ4v) is 6.67. The molecule has 0 spiro atoms. The van der Waals surface area contributed by atoms with Crippen molar-refractivity contribution in [2.75, 3.05) is 26.4 Å². The molecule has 13 heteroatoms. The second-order valence-electron chi connectivity index (χ2n) is 15.0. The standard InChI is InChI=1S/C43H56F2O11/c1-6-8-10-14-39(47)53-27-43(5,28-54-40(48)15-11-9-7-2)42(50)56-32(26-52-38-23-31(44)18-22-35(38)45)19-21-33-34-20-17-30(25-51-37(34)24-36(33)46)13-12-16-41(49)55-29(3)4/h1-2,18-19,21-23,29-30,32-34,36-37,46H,8-17,20,24-28H2,3-5H3/b21-19+/t30-,32+,33+,34+,36+,37-/m0/s1. The van der Waals surface area contributed by atoms with Crippen LogP contribution in [0.4, 0.5) is 8.78 Å². The van der Waals surface area contributed by atoms with Gasteiger partial charge in [-0.1, -0.05) is 6.08 Å². The number of rotatable bonds is 22. The minimum atomic E-state index is -1.69. The first-order chi connectivity index (χ1) is 26.7. The van der Waals surface area contributed by atoms with Gasteiger partial charge in [-0.25, -0.2) is 8.78 Å². The maximum absolute atomic E-state index is 14.5. The number of benzene rings is 1. The number of halogens is 2. The highest BCUT2D eigenvalue weighted by Gasteiger charge is 2.44. The van der Waals surface area contributed by atoms with Crippen LogP contribution in [-0.4, -0.2) is 79.8 Å². The summed E-state index contributed by atoms with van der Waals surface area (Å²) in [6.45, 7) is 4.07. The van der Waals surface area contributed by atoms with E-state index in [1.807, 2.05) is 13.8 Å². The minimum Gasteiger partial charge on any atom is -0.486 e. The number of hydrogen-bond acceptors (Lipinski definition) is 11. The van der Waals surface area contributed by atoms with Gasteiger partial charge in [-0.15, -0.1) is 24.7 Å². The summed E-state index contributed by atoms with van der Waals surface area (Å²) in [4.78, 5) is 50.9. The van der Waals surface area contributed by atoms with Gasteiger partial charge in [0.2, 0.25) is 0 Å². The van der Waals surface area contributed by atoms with Crippen molar-refractivity contribution in [1.29, 1.82) is 0 Å². The van der Waals surface area contributed by atoms with Crippen LogP contribution in [-0.2, 0) is 42.9 Å². The second-order valence-corrected chi connectivity index (χ2v) is 15.0. The Hall–Kier alpha value is -4.46. The highest BCUT2D eigenvalue weighted by atomic mass is 19.1. The van der Waals surface area contributed by atoms with E-state index < -0.39 is 78.7 Å². The van der Waals surface area contributed by atoms with Gasteiger partial charge in [0.1, 0.15) is 31.1 Å². The molecule has 6 atom stereocenters. The Morgan fingerprint density at radius 2 is 1.61 bits per heavy atom. The van der Waals surface area contributed by atoms with Crippen LogP contribution in [0.25, 0.3) is 0 Å². The van der Waals surface area contributed by atoms with E-state index in [2.05, 4.69) is 11.8 Å². The lowest BCUT2D eigenvalue weighted by Gasteiger charge is -2.28. The molecule has 1 aliphatic heterocycles. The molecule has 2 aliphatic rings. The SMILES string of the molecule is C#CCCCC(=O)OCC(C)(COC(=O)CCCC#C)C(=O)O[C@H](/C=C/[C@@H]1[C@H]2CC[C@H](CCCC(=O)OC(C)C)CO[C@H]2C[C@H]1O)COc1cc(F)ccc1F. The van der Waals surface area contributed by atoms with E-state index in [1.165, 1.54) is 13.0 Å². The van der Waals surface area contributed by atoms with Crippen molar-refractivity contribution < 1.29 is 61.5 Å². The van der Waals surface area contributed by atoms with Gasteiger partial charge in [0.15, 0.2) is 17.7 Å². The summed E-state index contributed by atoms with van der Waals surface area (Å²) >= 11 is 0. The zero-order chi connectivity index (χ0) is 41.1. The zero-order valence-electron chi connectivity index (χ0n) is 32.7. The molecule has 0 aromatic heterocycles. The number of ether oxygens (including phenoxy) is 6. The molecule has 1 saturated heterocycles. The van der Waals surface area contributed by atoms with Gasteiger partial charge in [0, 0.05) is 57.1 Å². The quantitative estimate of drug-likeness (QED) is 0.0457. The van der Waals surface area contributed by atoms with Crippen molar-refractivity contribution in [3.63, 3.8) is 0 Å². The topological polar surface area (TPSA) is 144 Å².